The van der Waals surface area contributed by atoms with E-state index in [0.29, 0.717) is 42.5 Å². The lowest BCUT2D eigenvalue weighted by Crippen LogP contribution is -2.35. The Morgan fingerprint density at radius 1 is 1.03 bits per heavy atom. The molecular formula is C27H24N2O4. The molecular weight excluding hydrogens is 416 g/mol. The van der Waals surface area contributed by atoms with Crippen molar-refractivity contribution in [2.24, 2.45) is 0 Å². The van der Waals surface area contributed by atoms with Crippen LogP contribution in [0.4, 0.5) is 5.69 Å². The molecule has 1 N–H and O–H groups in total. The van der Waals surface area contributed by atoms with Gasteiger partial charge in [-0.1, -0.05) is 36.4 Å². The summed E-state index contributed by atoms with van der Waals surface area (Å²) in [6.45, 7) is 3.47. The Hall–Kier alpha value is -4.06. The first-order valence-corrected chi connectivity index (χ1v) is 11.0. The van der Waals surface area contributed by atoms with E-state index in [4.69, 9.17) is 9.15 Å². The van der Waals surface area contributed by atoms with Crippen LogP contribution in [0.2, 0.25) is 0 Å². The summed E-state index contributed by atoms with van der Waals surface area (Å²) in [5.74, 6) is 0.538. The fourth-order valence-electron chi connectivity index (χ4n) is 4.32. The lowest BCUT2D eigenvalue weighted by Gasteiger charge is -2.28. The number of ether oxygens (including phenoxy) is 1. The smallest absolute Gasteiger partial charge is 0.289 e. The predicted molar refractivity (Wildman–Crippen MR) is 127 cm³/mol. The van der Waals surface area contributed by atoms with Gasteiger partial charge in [-0.2, -0.15) is 0 Å². The molecule has 0 atom stereocenters. The number of carbonyl (C=O) groups excluding carboxylic acids is 2. The van der Waals surface area contributed by atoms with E-state index in [0.717, 1.165) is 22.8 Å². The van der Waals surface area contributed by atoms with Gasteiger partial charge in [0.2, 0.25) is 0 Å². The monoisotopic (exact) mass is 440 g/mol. The molecule has 0 spiro atoms. The minimum Gasteiger partial charge on any atom is -0.493 e. The predicted octanol–water partition coefficient (Wildman–Crippen LogP) is 5.28. The quantitative estimate of drug-likeness (QED) is 0.458. The molecule has 1 aliphatic rings. The highest BCUT2D eigenvalue weighted by molar-refractivity contribution is 6.15. The van der Waals surface area contributed by atoms with Gasteiger partial charge >= 0.3 is 0 Å². The van der Waals surface area contributed by atoms with Gasteiger partial charge < -0.3 is 19.4 Å². The van der Waals surface area contributed by atoms with E-state index in [2.05, 4.69) is 5.32 Å². The van der Waals surface area contributed by atoms with Crippen LogP contribution < -0.4 is 10.1 Å². The molecule has 4 aromatic rings. The molecule has 1 aliphatic heterocycles. The largest absolute Gasteiger partial charge is 0.493 e. The van der Waals surface area contributed by atoms with Crippen molar-refractivity contribution in [1.82, 2.24) is 4.90 Å². The van der Waals surface area contributed by atoms with Crippen LogP contribution in [-0.4, -0.2) is 29.9 Å². The zero-order valence-corrected chi connectivity index (χ0v) is 18.3. The highest BCUT2D eigenvalue weighted by Crippen LogP contribution is 2.30. The van der Waals surface area contributed by atoms with Crippen molar-refractivity contribution in [3.05, 3.63) is 95.4 Å². The second-order valence-corrected chi connectivity index (χ2v) is 7.98. The topological polar surface area (TPSA) is 71.8 Å². The van der Waals surface area contributed by atoms with Gasteiger partial charge in [0.15, 0.2) is 5.76 Å². The molecule has 5 rings (SSSR count). The molecule has 1 aromatic heterocycles. The van der Waals surface area contributed by atoms with Gasteiger partial charge in [-0.05, 0) is 65.6 Å². The number of carbonyl (C=O) groups is 2. The van der Waals surface area contributed by atoms with Crippen molar-refractivity contribution in [1.29, 1.82) is 0 Å². The minimum absolute atomic E-state index is 0.128. The van der Waals surface area contributed by atoms with Gasteiger partial charge in [0.25, 0.3) is 11.8 Å². The third-order valence-corrected chi connectivity index (χ3v) is 5.91. The average molecular weight is 440 g/mol. The van der Waals surface area contributed by atoms with Crippen LogP contribution in [0, 0.1) is 0 Å². The number of rotatable bonds is 5. The van der Waals surface area contributed by atoms with E-state index in [9.17, 15) is 9.59 Å². The third kappa shape index (κ3) is 4.07. The molecule has 3 aromatic carbocycles. The minimum atomic E-state index is -0.227. The Balaban J connectivity index is 1.41. The molecule has 0 saturated heterocycles. The number of furan rings is 1. The van der Waals surface area contributed by atoms with Crippen LogP contribution in [-0.2, 0) is 13.0 Å². The fourth-order valence-corrected chi connectivity index (χ4v) is 4.32. The molecule has 2 amide bonds. The second kappa shape index (κ2) is 8.82. The van der Waals surface area contributed by atoms with Crippen LogP contribution in [0.1, 0.15) is 39.0 Å². The first-order chi connectivity index (χ1) is 16.1. The molecule has 0 aliphatic carbocycles. The van der Waals surface area contributed by atoms with E-state index in [1.165, 1.54) is 11.8 Å². The molecule has 0 radical (unpaired) electrons. The molecule has 0 bridgehead atoms. The number of anilines is 1. The van der Waals surface area contributed by atoms with Crippen molar-refractivity contribution in [3.63, 3.8) is 0 Å². The molecule has 0 saturated carbocycles. The summed E-state index contributed by atoms with van der Waals surface area (Å²) in [5.41, 5.74) is 3.39. The Morgan fingerprint density at radius 2 is 1.91 bits per heavy atom. The molecule has 0 fully saturated rings. The lowest BCUT2D eigenvalue weighted by atomic mass is 9.98. The van der Waals surface area contributed by atoms with E-state index in [1.807, 2.05) is 61.5 Å². The molecule has 0 unspecified atom stereocenters. The zero-order chi connectivity index (χ0) is 22.8. The normalized spacial score (nSPS) is 12.9. The van der Waals surface area contributed by atoms with E-state index < -0.39 is 0 Å². The van der Waals surface area contributed by atoms with Gasteiger partial charge in [-0.25, -0.2) is 0 Å². The van der Waals surface area contributed by atoms with Crippen LogP contribution in [0.25, 0.3) is 10.8 Å². The molecule has 6 nitrogen and oxygen atoms in total. The van der Waals surface area contributed by atoms with Crippen LogP contribution in [0.3, 0.4) is 0 Å². The van der Waals surface area contributed by atoms with Crippen molar-refractivity contribution in [2.75, 3.05) is 18.5 Å². The van der Waals surface area contributed by atoms with Crippen molar-refractivity contribution in [2.45, 2.75) is 19.9 Å². The van der Waals surface area contributed by atoms with Crippen LogP contribution in [0.15, 0.2) is 77.4 Å². The maximum atomic E-state index is 13.4. The highest BCUT2D eigenvalue weighted by Gasteiger charge is 2.24. The Kier molecular flexibility index (Phi) is 5.57. The molecule has 6 heteroatoms. The van der Waals surface area contributed by atoms with Gasteiger partial charge in [0.1, 0.15) is 5.75 Å². The summed E-state index contributed by atoms with van der Waals surface area (Å²) >= 11 is 0. The summed E-state index contributed by atoms with van der Waals surface area (Å²) in [5, 5.41) is 4.85. The lowest BCUT2D eigenvalue weighted by molar-refractivity contribution is 0.0702. The number of benzene rings is 3. The molecule has 33 heavy (non-hydrogen) atoms. The Bertz CT molecular complexity index is 1330. The van der Waals surface area contributed by atoms with Crippen molar-refractivity contribution >= 4 is 28.3 Å². The first kappa shape index (κ1) is 20.8. The zero-order valence-electron chi connectivity index (χ0n) is 18.3. The fraction of sp³-hybridized carbons (Fsp3) is 0.185. The maximum Gasteiger partial charge on any atom is 0.289 e. The summed E-state index contributed by atoms with van der Waals surface area (Å²) in [6.07, 6.45) is 2.26. The molecule has 166 valence electrons. The average Bonchev–Trinajstić information content (AvgIpc) is 3.38. The van der Waals surface area contributed by atoms with Gasteiger partial charge in [-0.15, -0.1) is 0 Å². The van der Waals surface area contributed by atoms with Crippen LogP contribution in [0.5, 0.6) is 5.75 Å². The summed E-state index contributed by atoms with van der Waals surface area (Å²) in [4.78, 5) is 27.8. The number of hydrogen-bond donors (Lipinski definition) is 1. The number of fused-ring (bicyclic) bond motifs is 2. The Labute approximate surface area is 191 Å². The second-order valence-electron chi connectivity index (χ2n) is 7.98. The summed E-state index contributed by atoms with van der Waals surface area (Å²) in [7, 11) is 0. The van der Waals surface area contributed by atoms with Gasteiger partial charge in [0, 0.05) is 18.8 Å². The van der Waals surface area contributed by atoms with E-state index in [-0.39, 0.29) is 11.8 Å². The molecule has 2 heterocycles. The number of hydrogen-bond acceptors (Lipinski definition) is 4. The van der Waals surface area contributed by atoms with Gasteiger partial charge in [0.05, 0.1) is 18.4 Å². The first-order valence-electron chi connectivity index (χ1n) is 11.0. The SMILES string of the molecule is CCOc1ccc2ccccc2c1C(=O)Nc1ccc2c(c1)CN(C(=O)c1ccco1)CC2. The summed E-state index contributed by atoms with van der Waals surface area (Å²) < 4.78 is 11.0. The third-order valence-electron chi connectivity index (χ3n) is 5.91. The standard InChI is InChI=1S/C27H24N2O4/c1-2-32-23-12-10-19-6-3-4-7-22(19)25(23)26(30)28-21-11-9-18-13-14-29(17-20(18)16-21)27(31)24-8-5-15-33-24/h3-12,15-16H,2,13-14,17H2,1H3,(H,28,30). The van der Waals surface area contributed by atoms with Crippen molar-refractivity contribution in [3.8, 4) is 5.75 Å². The van der Waals surface area contributed by atoms with E-state index >= 15 is 0 Å². The summed E-state index contributed by atoms with van der Waals surface area (Å²) in [6, 6.07) is 20.8. The number of amides is 2. The number of nitrogens with one attached hydrogen (secondary N) is 1. The Morgan fingerprint density at radius 3 is 2.73 bits per heavy atom. The van der Waals surface area contributed by atoms with Crippen LogP contribution >= 0.6 is 0 Å². The maximum absolute atomic E-state index is 13.4. The van der Waals surface area contributed by atoms with Gasteiger partial charge in [-0.3, -0.25) is 9.59 Å². The number of nitrogens with zero attached hydrogens (tertiary/aromatic N) is 1. The van der Waals surface area contributed by atoms with E-state index in [1.54, 1.807) is 17.0 Å². The highest BCUT2D eigenvalue weighted by atomic mass is 16.5. The van der Waals surface area contributed by atoms with Crippen molar-refractivity contribution < 1.29 is 18.7 Å².